The third-order valence-corrected chi connectivity index (χ3v) is 5.17. The summed E-state index contributed by atoms with van der Waals surface area (Å²) in [6.07, 6.45) is 1.32. The van der Waals surface area contributed by atoms with E-state index in [9.17, 15) is 24.8 Å². The van der Waals surface area contributed by atoms with Gasteiger partial charge in [0.15, 0.2) is 0 Å². The van der Waals surface area contributed by atoms with Gasteiger partial charge in [0.1, 0.15) is 5.92 Å². The van der Waals surface area contributed by atoms with Crippen LogP contribution in [0.15, 0.2) is 40.5 Å². The third kappa shape index (κ3) is 6.23. The zero-order valence-electron chi connectivity index (χ0n) is 19.5. The summed E-state index contributed by atoms with van der Waals surface area (Å²) in [7, 11) is 0. The highest BCUT2D eigenvalue weighted by Crippen LogP contribution is 2.41. The number of nitro groups is 1. The molecule has 0 spiro atoms. The number of hydrogen-bond acceptors (Lipinski definition) is 8. The number of carboxylic acid groups (broad SMARTS) is 1. The highest BCUT2D eigenvalue weighted by Gasteiger charge is 2.44. The largest absolute Gasteiger partial charge is 0.481 e. The van der Waals surface area contributed by atoms with Gasteiger partial charge in [-0.25, -0.2) is 4.79 Å². The highest BCUT2D eigenvalue weighted by molar-refractivity contribution is 6.06. The third-order valence-electron chi connectivity index (χ3n) is 5.17. The van der Waals surface area contributed by atoms with Gasteiger partial charge in [-0.1, -0.05) is 26.0 Å². The van der Waals surface area contributed by atoms with Gasteiger partial charge >= 0.3 is 17.9 Å². The molecule has 1 aromatic rings. The quantitative estimate of drug-likeness (QED) is 0.223. The van der Waals surface area contributed by atoms with Crippen LogP contribution in [0.5, 0.6) is 0 Å². The number of carboxylic acids is 1. The van der Waals surface area contributed by atoms with Gasteiger partial charge in [0, 0.05) is 36.4 Å². The van der Waals surface area contributed by atoms with Crippen molar-refractivity contribution in [1.82, 2.24) is 0 Å². The number of benzene rings is 1. The monoisotopic (exact) mass is 462 g/mol. The van der Waals surface area contributed by atoms with Crippen LogP contribution in [0, 0.1) is 16.0 Å². The van der Waals surface area contributed by atoms with Gasteiger partial charge in [-0.15, -0.1) is 0 Å². The molecule has 0 bridgehead atoms. The SMILES string of the molecule is CCCOC(C)(OCCC)OC(=O)C1=C(C)N=C(C)C(C(=O)O)C1c1cccc([N+](=O)[O-])c1. The van der Waals surface area contributed by atoms with Crippen LogP contribution < -0.4 is 0 Å². The number of nitrogens with zero attached hydrogens (tertiary/aromatic N) is 2. The van der Waals surface area contributed by atoms with Gasteiger partial charge in [0.05, 0.1) is 23.7 Å². The van der Waals surface area contributed by atoms with Crippen LogP contribution in [0.4, 0.5) is 5.69 Å². The second kappa shape index (κ2) is 11.2. The molecule has 0 radical (unpaired) electrons. The molecule has 1 aliphatic rings. The van der Waals surface area contributed by atoms with Gasteiger partial charge in [-0.3, -0.25) is 19.9 Å². The molecule has 0 amide bonds. The number of ether oxygens (including phenoxy) is 3. The molecule has 10 heteroatoms. The van der Waals surface area contributed by atoms with Crippen molar-refractivity contribution in [2.45, 2.75) is 59.4 Å². The number of rotatable bonds is 11. The molecule has 2 unspecified atom stereocenters. The number of aliphatic imine (C=N–C) groups is 1. The van der Waals surface area contributed by atoms with Gasteiger partial charge in [-0.05, 0) is 32.3 Å². The summed E-state index contributed by atoms with van der Waals surface area (Å²) < 4.78 is 16.9. The topological polar surface area (TPSA) is 138 Å². The fourth-order valence-electron chi connectivity index (χ4n) is 3.71. The summed E-state index contributed by atoms with van der Waals surface area (Å²) in [5.74, 6) is -6.01. The standard InChI is InChI=1S/C23H30N2O8/c1-6-11-31-23(5,32-12-7-2)33-22(28)19-15(4)24-14(3)18(21(26)27)20(19)16-9-8-10-17(13-16)25(29)30/h8-10,13,18,20H,6-7,11-12H2,1-5H3,(H,26,27). The molecule has 0 saturated carbocycles. The Morgan fingerprint density at radius 3 is 2.30 bits per heavy atom. The Hall–Kier alpha value is -3.11. The van der Waals surface area contributed by atoms with Crippen LogP contribution in [-0.4, -0.2) is 46.9 Å². The maximum absolute atomic E-state index is 13.4. The molecule has 10 nitrogen and oxygen atoms in total. The van der Waals surface area contributed by atoms with E-state index in [-0.39, 0.29) is 35.9 Å². The summed E-state index contributed by atoms with van der Waals surface area (Å²) in [6, 6.07) is 5.56. The Bertz CT molecular complexity index is 961. The number of hydrogen-bond donors (Lipinski definition) is 1. The molecule has 0 aliphatic carbocycles. The lowest BCUT2D eigenvalue weighted by atomic mass is 9.75. The molecule has 1 N–H and O–H groups in total. The highest BCUT2D eigenvalue weighted by atomic mass is 16.9. The predicted molar refractivity (Wildman–Crippen MR) is 120 cm³/mol. The van der Waals surface area contributed by atoms with E-state index in [1.54, 1.807) is 19.9 Å². The molecular weight excluding hydrogens is 432 g/mol. The van der Waals surface area contributed by atoms with Crippen LogP contribution in [0.2, 0.25) is 0 Å². The second-order valence-corrected chi connectivity index (χ2v) is 7.85. The molecular formula is C23H30N2O8. The fourth-order valence-corrected chi connectivity index (χ4v) is 3.71. The average molecular weight is 462 g/mol. The molecule has 33 heavy (non-hydrogen) atoms. The summed E-state index contributed by atoms with van der Waals surface area (Å²) >= 11 is 0. The van der Waals surface area contributed by atoms with Crippen LogP contribution in [0.3, 0.4) is 0 Å². The summed E-state index contributed by atoms with van der Waals surface area (Å²) in [4.78, 5) is 40.6. The Morgan fingerprint density at radius 1 is 1.18 bits per heavy atom. The molecule has 2 rings (SSSR count). The van der Waals surface area contributed by atoms with Crippen LogP contribution >= 0.6 is 0 Å². The zero-order chi connectivity index (χ0) is 24.8. The van der Waals surface area contributed by atoms with Crippen molar-refractivity contribution < 1.29 is 33.8 Å². The summed E-state index contributed by atoms with van der Waals surface area (Å²) in [5.41, 5.74) is 0.604. The molecule has 180 valence electrons. The molecule has 2 atom stereocenters. The first-order chi connectivity index (χ1) is 15.5. The Morgan fingerprint density at radius 2 is 1.79 bits per heavy atom. The van der Waals surface area contributed by atoms with Crippen molar-refractivity contribution in [3.05, 3.63) is 51.2 Å². The fraction of sp³-hybridized carbons (Fsp3) is 0.522. The van der Waals surface area contributed by atoms with Crippen molar-refractivity contribution in [3.63, 3.8) is 0 Å². The lowest BCUT2D eigenvalue weighted by Gasteiger charge is -2.33. The van der Waals surface area contributed by atoms with E-state index in [4.69, 9.17) is 14.2 Å². The van der Waals surface area contributed by atoms with Crippen LogP contribution in [0.25, 0.3) is 0 Å². The van der Waals surface area contributed by atoms with E-state index in [0.29, 0.717) is 18.4 Å². The molecule has 0 fully saturated rings. The number of esters is 1. The lowest BCUT2D eigenvalue weighted by Crippen LogP contribution is -2.41. The van der Waals surface area contributed by atoms with Gasteiger partial charge in [0.2, 0.25) is 0 Å². The van der Waals surface area contributed by atoms with Crippen LogP contribution in [0.1, 0.15) is 58.9 Å². The van der Waals surface area contributed by atoms with E-state index in [0.717, 1.165) is 0 Å². The number of aliphatic carboxylic acids is 1. The molecule has 1 aliphatic heterocycles. The zero-order valence-corrected chi connectivity index (χ0v) is 19.5. The Balaban J connectivity index is 2.56. The maximum Gasteiger partial charge on any atom is 0.340 e. The normalized spacial score (nSPS) is 18.6. The Kier molecular flexibility index (Phi) is 8.84. The lowest BCUT2D eigenvalue weighted by molar-refractivity contribution is -0.384. The second-order valence-electron chi connectivity index (χ2n) is 7.85. The average Bonchev–Trinajstić information content (AvgIpc) is 2.75. The van der Waals surface area contributed by atoms with E-state index in [1.807, 2.05) is 13.8 Å². The van der Waals surface area contributed by atoms with Crippen molar-refractivity contribution >= 4 is 23.3 Å². The first kappa shape index (κ1) is 26.1. The number of allylic oxidation sites excluding steroid dienone is 1. The molecule has 0 aromatic heterocycles. The van der Waals surface area contributed by atoms with E-state index in [2.05, 4.69) is 4.99 Å². The van der Waals surface area contributed by atoms with E-state index < -0.39 is 34.7 Å². The van der Waals surface area contributed by atoms with E-state index >= 15 is 0 Å². The smallest absolute Gasteiger partial charge is 0.340 e. The minimum Gasteiger partial charge on any atom is -0.481 e. The number of carbonyl (C=O) groups excluding carboxylic acids is 1. The van der Waals surface area contributed by atoms with Gasteiger partial charge < -0.3 is 19.3 Å². The first-order valence-electron chi connectivity index (χ1n) is 10.8. The number of nitro benzene ring substituents is 1. The van der Waals surface area contributed by atoms with Crippen molar-refractivity contribution in [2.24, 2.45) is 10.9 Å². The summed E-state index contributed by atoms with van der Waals surface area (Å²) in [6.45, 7) is 8.92. The van der Waals surface area contributed by atoms with E-state index in [1.165, 1.54) is 25.1 Å². The minimum atomic E-state index is -1.68. The first-order valence-corrected chi connectivity index (χ1v) is 10.8. The molecule has 0 saturated heterocycles. The van der Waals surface area contributed by atoms with Crippen molar-refractivity contribution in [2.75, 3.05) is 13.2 Å². The van der Waals surface area contributed by atoms with Crippen molar-refractivity contribution in [3.8, 4) is 0 Å². The maximum atomic E-state index is 13.4. The van der Waals surface area contributed by atoms with Gasteiger partial charge in [-0.2, -0.15) is 0 Å². The molecule has 1 aromatic carbocycles. The predicted octanol–water partition coefficient (Wildman–Crippen LogP) is 4.20. The number of non-ortho nitro benzene ring substituents is 1. The minimum absolute atomic E-state index is 0.0140. The van der Waals surface area contributed by atoms with Gasteiger partial charge in [0.25, 0.3) is 5.69 Å². The van der Waals surface area contributed by atoms with Crippen molar-refractivity contribution in [1.29, 1.82) is 0 Å². The Labute approximate surface area is 192 Å². The van der Waals surface area contributed by atoms with Crippen LogP contribution in [-0.2, 0) is 23.8 Å². The molecule has 1 heterocycles. The number of carbonyl (C=O) groups is 2. The summed E-state index contributed by atoms with van der Waals surface area (Å²) in [5, 5.41) is 21.2.